The first-order valence-corrected chi connectivity index (χ1v) is 7.99. The lowest BCUT2D eigenvalue weighted by Gasteiger charge is -2.26. The number of aromatic nitrogens is 1. The number of aliphatic hydroxyl groups excluding tert-OH is 1. The molecule has 21 heavy (non-hydrogen) atoms. The molecule has 1 aliphatic rings. The smallest absolute Gasteiger partial charge is 0.263 e. The molecule has 5 nitrogen and oxygen atoms in total. The van der Waals surface area contributed by atoms with Crippen LogP contribution in [0.5, 0.6) is 0 Å². The second kappa shape index (κ2) is 5.61. The highest BCUT2D eigenvalue weighted by Crippen LogP contribution is 2.37. The van der Waals surface area contributed by atoms with Crippen molar-refractivity contribution in [2.24, 2.45) is 5.41 Å². The minimum atomic E-state index is -0.171. The van der Waals surface area contributed by atoms with Gasteiger partial charge in [-0.3, -0.25) is 9.78 Å². The number of fused-ring (bicyclic) bond motifs is 1. The van der Waals surface area contributed by atoms with E-state index in [1.54, 1.807) is 6.20 Å². The molecule has 0 bridgehead atoms. The van der Waals surface area contributed by atoms with Crippen molar-refractivity contribution in [2.75, 3.05) is 18.9 Å². The first kappa shape index (κ1) is 14.3. The third kappa shape index (κ3) is 2.61. The second-order valence-corrected chi connectivity index (χ2v) is 6.80. The van der Waals surface area contributed by atoms with Gasteiger partial charge >= 0.3 is 0 Å². The number of pyridine rings is 1. The maximum Gasteiger partial charge on any atom is 0.263 e. The van der Waals surface area contributed by atoms with Crippen molar-refractivity contribution in [2.45, 2.75) is 25.7 Å². The summed E-state index contributed by atoms with van der Waals surface area (Å²) in [4.78, 5) is 17.1. The highest BCUT2D eigenvalue weighted by atomic mass is 32.1. The van der Waals surface area contributed by atoms with E-state index in [4.69, 9.17) is 5.73 Å². The fraction of sp³-hybridized carbons (Fsp3) is 0.467. The molecule has 0 aliphatic heterocycles. The number of carbonyl (C=O) groups is 1. The van der Waals surface area contributed by atoms with Crippen LogP contribution >= 0.6 is 11.3 Å². The topological polar surface area (TPSA) is 88.2 Å². The molecule has 0 atom stereocenters. The van der Waals surface area contributed by atoms with E-state index in [1.165, 1.54) is 11.3 Å². The highest BCUT2D eigenvalue weighted by Gasteiger charge is 2.33. The molecule has 0 saturated heterocycles. The van der Waals surface area contributed by atoms with E-state index < -0.39 is 0 Å². The van der Waals surface area contributed by atoms with Crippen LogP contribution in [0.1, 0.15) is 35.4 Å². The molecular formula is C15H19N3O2S. The first-order chi connectivity index (χ1) is 10.2. The van der Waals surface area contributed by atoms with E-state index in [2.05, 4.69) is 10.3 Å². The van der Waals surface area contributed by atoms with E-state index in [0.717, 1.165) is 30.4 Å². The average Bonchev–Trinajstić information content (AvgIpc) is 3.11. The van der Waals surface area contributed by atoms with Crippen molar-refractivity contribution in [3.8, 4) is 0 Å². The number of aliphatic hydroxyl groups is 1. The SMILES string of the molecule is Nc1c(C(=O)NCC2(CO)CCCC2)sc2cccnc12. The Bertz CT molecular complexity index is 662. The third-order valence-electron chi connectivity index (χ3n) is 4.31. The molecule has 0 spiro atoms. The van der Waals surface area contributed by atoms with E-state index in [-0.39, 0.29) is 17.9 Å². The number of carbonyl (C=O) groups excluding carboxylic acids is 1. The van der Waals surface area contributed by atoms with Gasteiger partial charge in [0, 0.05) is 18.2 Å². The fourth-order valence-electron chi connectivity index (χ4n) is 2.98. The molecule has 1 saturated carbocycles. The number of hydrogen-bond acceptors (Lipinski definition) is 5. The lowest BCUT2D eigenvalue weighted by atomic mass is 9.87. The van der Waals surface area contributed by atoms with E-state index in [9.17, 15) is 9.90 Å². The second-order valence-electron chi connectivity index (χ2n) is 5.74. The quantitative estimate of drug-likeness (QED) is 0.807. The largest absolute Gasteiger partial charge is 0.396 e. The molecule has 1 fully saturated rings. The van der Waals surface area contributed by atoms with Crippen molar-refractivity contribution in [1.29, 1.82) is 0 Å². The number of thiophene rings is 1. The summed E-state index contributed by atoms with van der Waals surface area (Å²) in [5, 5.41) is 12.5. The molecule has 1 aliphatic carbocycles. The Balaban J connectivity index is 1.76. The zero-order chi connectivity index (χ0) is 14.9. The number of rotatable bonds is 4. The van der Waals surface area contributed by atoms with Crippen LogP contribution in [0.25, 0.3) is 10.2 Å². The lowest BCUT2D eigenvalue weighted by Crippen LogP contribution is -2.38. The molecule has 0 radical (unpaired) electrons. The van der Waals surface area contributed by atoms with Gasteiger partial charge in [0.2, 0.25) is 0 Å². The Labute approximate surface area is 127 Å². The zero-order valence-electron chi connectivity index (χ0n) is 11.8. The van der Waals surface area contributed by atoms with E-state index >= 15 is 0 Å². The van der Waals surface area contributed by atoms with Crippen LogP contribution in [0.4, 0.5) is 5.69 Å². The molecule has 2 aromatic rings. The summed E-state index contributed by atoms with van der Waals surface area (Å²) in [6.07, 6.45) is 5.84. The lowest BCUT2D eigenvalue weighted by molar-refractivity contribution is 0.0885. The van der Waals surface area contributed by atoms with Gasteiger partial charge in [-0.1, -0.05) is 12.8 Å². The molecular weight excluding hydrogens is 286 g/mol. The molecule has 2 heterocycles. The monoisotopic (exact) mass is 305 g/mol. The number of amides is 1. The first-order valence-electron chi connectivity index (χ1n) is 7.17. The minimum absolute atomic E-state index is 0.122. The highest BCUT2D eigenvalue weighted by molar-refractivity contribution is 7.21. The Hall–Kier alpha value is -1.66. The normalized spacial score (nSPS) is 17.2. The van der Waals surface area contributed by atoms with Gasteiger partial charge in [-0.2, -0.15) is 0 Å². The van der Waals surface area contributed by atoms with E-state index in [0.29, 0.717) is 22.6 Å². The Morgan fingerprint density at radius 2 is 2.24 bits per heavy atom. The van der Waals surface area contributed by atoms with E-state index in [1.807, 2.05) is 12.1 Å². The number of nitrogens with one attached hydrogen (secondary N) is 1. The molecule has 3 rings (SSSR count). The summed E-state index contributed by atoms with van der Waals surface area (Å²) >= 11 is 1.36. The van der Waals surface area contributed by atoms with Gasteiger partial charge in [0.25, 0.3) is 5.91 Å². The molecule has 4 N–H and O–H groups in total. The van der Waals surface area contributed by atoms with Gasteiger partial charge in [0.1, 0.15) is 10.4 Å². The maximum atomic E-state index is 12.4. The van der Waals surface area contributed by atoms with Crippen molar-refractivity contribution >= 4 is 33.1 Å². The molecule has 2 aromatic heterocycles. The summed E-state index contributed by atoms with van der Waals surface area (Å²) in [6, 6.07) is 3.74. The van der Waals surface area contributed by atoms with Gasteiger partial charge < -0.3 is 16.2 Å². The van der Waals surface area contributed by atoms with Crippen LogP contribution in [-0.2, 0) is 0 Å². The van der Waals surface area contributed by atoms with Crippen LogP contribution in [0.3, 0.4) is 0 Å². The van der Waals surface area contributed by atoms with Crippen LogP contribution in [0.15, 0.2) is 18.3 Å². The number of nitrogens with two attached hydrogens (primary N) is 1. The zero-order valence-corrected chi connectivity index (χ0v) is 12.6. The van der Waals surface area contributed by atoms with Gasteiger partial charge in [-0.05, 0) is 25.0 Å². The van der Waals surface area contributed by atoms with Crippen LogP contribution < -0.4 is 11.1 Å². The summed E-state index contributed by atoms with van der Waals surface area (Å²) < 4.78 is 0.915. The third-order valence-corrected chi connectivity index (χ3v) is 5.47. The van der Waals surface area contributed by atoms with Crippen molar-refractivity contribution < 1.29 is 9.90 Å². The molecule has 112 valence electrons. The van der Waals surface area contributed by atoms with Gasteiger partial charge in [-0.25, -0.2) is 0 Å². The van der Waals surface area contributed by atoms with Crippen molar-refractivity contribution in [1.82, 2.24) is 10.3 Å². The predicted octanol–water partition coefficient (Wildman–Crippen LogP) is 2.16. The van der Waals surface area contributed by atoms with Crippen LogP contribution in [-0.4, -0.2) is 29.1 Å². The van der Waals surface area contributed by atoms with Gasteiger partial charge in [-0.15, -0.1) is 11.3 Å². The molecule has 0 aromatic carbocycles. The summed E-state index contributed by atoms with van der Waals surface area (Å²) in [5.41, 5.74) is 7.00. The average molecular weight is 305 g/mol. The number of nitrogen functional groups attached to an aromatic ring is 1. The Morgan fingerprint density at radius 3 is 2.90 bits per heavy atom. The predicted molar refractivity (Wildman–Crippen MR) is 84.4 cm³/mol. The summed E-state index contributed by atoms with van der Waals surface area (Å²) in [7, 11) is 0. The molecule has 6 heteroatoms. The maximum absolute atomic E-state index is 12.4. The van der Waals surface area contributed by atoms with Crippen LogP contribution in [0, 0.1) is 5.41 Å². The van der Waals surface area contributed by atoms with Crippen molar-refractivity contribution in [3.05, 3.63) is 23.2 Å². The number of hydrogen-bond donors (Lipinski definition) is 3. The summed E-state index contributed by atoms with van der Waals surface area (Å²) in [6.45, 7) is 0.625. The molecule has 1 amide bonds. The molecule has 0 unspecified atom stereocenters. The number of anilines is 1. The van der Waals surface area contributed by atoms with Gasteiger partial charge in [0.05, 0.1) is 17.0 Å². The van der Waals surface area contributed by atoms with Crippen molar-refractivity contribution in [3.63, 3.8) is 0 Å². The fourth-order valence-corrected chi connectivity index (χ4v) is 3.98. The Morgan fingerprint density at radius 1 is 1.48 bits per heavy atom. The van der Waals surface area contributed by atoms with Gasteiger partial charge in [0.15, 0.2) is 0 Å². The van der Waals surface area contributed by atoms with Crippen LogP contribution in [0.2, 0.25) is 0 Å². The minimum Gasteiger partial charge on any atom is -0.396 e. The summed E-state index contributed by atoms with van der Waals surface area (Å²) in [5.74, 6) is -0.171. The Kier molecular flexibility index (Phi) is 3.82. The standard InChI is InChI=1S/C15H19N3O2S/c16-11-12-10(4-3-7-17-12)21-13(11)14(20)18-8-15(9-19)5-1-2-6-15/h3-4,7,19H,1-2,5-6,8-9,16H2,(H,18,20). The number of nitrogens with zero attached hydrogens (tertiary/aromatic N) is 1.